The molecule has 0 amide bonds. The topological polar surface area (TPSA) is 94.6 Å². The Morgan fingerprint density at radius 3 is 2.63 bits per heavy atom. The first kappa shape index (κ1) is 18.2. The Labute approximate surface area is 171 Å². The van der Waals surface area contributed by atoms with Crippen LogP contribution >= 0.6 is 0 Å². The Morgan fingerprint density at radius 1 is 1.17 bits per heavy atom. The van der Waals surface area contributed by atoms with E-state index in [1.54, 1.807) is 10.9 Å². The Kier molecular flexibility index (Phi) is 3.99. The van der Waals surface area contributed by atoms with Crippen molar-refractivity contribution in [2.75, 3.05) is 0 Å². The highest BCUT2D eigenvalue weighted by Gasteiger charge is 2.35. The number of carbonyl (C=O) groups is 1. The van der Waals surface area contributed by atoms with Crippen LogP contribution in [0.15, 0.2) is 57.9 Å². The SMILES string of the molecule is Cc1c([C@@H]2CC(=O)Oc3cc(O)c4c(=O)cc(-c5ccccc5)oc4c32)cnn1C. The molecule has 7 nitrogen and oxygen atoms in total. The lowest BCUT2D eigenvalue weighted by molar-refractivity contribution is -0.135. The second kappa shape index (κ2) is 6.59. The highest BCUT2D eigenvalue weighted by atomic mass is 16.5. The summed E-state index contributed by atoms with van der Waals surface area (Å²) in [5.74, 6) is -0.547. The van der Waals surface area contributed by atoms with E-state index in [0.29, 0.717) is 11.3 Å². The number of aromatic hydroxyl groups is 1. The third-order valence-electron chi connectivity index (χ3n) is 5.63. The van der Waals surface area contributed by atoms with Crippen LogP contribution in [0.1, 0.15) is 29.2 Å². The van der Waals surface area contributed by atoms with Crippen LogP contribution in [0, 0.1) is 6.92 Å². The number of aromatic nitrogens is 2. The number of phenols is 1. The minimum Gasteiger partial charge on any atom is -0.507 e. The van der Waals surface area contributed by atoms with Gasteiger partial charge in [-0.1, -0.05) is 30.3 Å². The number of carbonyl (C=O) groups excluding carboxylic acids is 1. The summed E-state index contributed by atoms with van der Waals surface area (Å²) in [6.45, 7) is 1.91. The van der Waals surface area contributed by atoms with Crippen molar-refractivity contribution in [1.82, 2.24) is 9.78 Å². The van der Waals surface area contributed by atoms with Gasteiger partial charge in [0, 0.05) is 47.5 Å². The minimum absolute atomic E-state index is 0.0675. The van der Waals surface area contributed by atoms with E-state index in [-0.39, 0.29) is 34.3 Å². The molecule has 0 saturated carbocycles. The van der Waals surface area contributed by atoms with E-state index in [1.807, 2.05) is 44.3 Å². The smallest absolute Gasteiger partial charge is 0.312 e. The van der Waals surface area contributed by atoms with Gasteiger partial charge in [0.2, 0.25) is 0 Å². The van der Waals surface area contributed by atoms with Crippen LogP contribution in [0.2, 0.25) is 0 Å². The van der Waals surface area contributed by atoms with Crippen molar-refractivity contribution in [1.29, 1.82) is 0 Å². The van der Waals surface area contributed by atoms with Gasteiger partial charge in [0.15, 0.2) is 5.43 Å². The number of esters is 1. The van der Waals surface area contributed by atoms with Gasteiger partial charge >= 0.3 is 5.97 Å². The molecule has 7 heteroatoms. The van der Waals surface area contributed by atoms with Gasteiger partial charge in [-0.3, -0.25) is 14.3 Å². The second-order valence-electron chi connectivity index (χ2n) is 7.39. The van der Waals surface area contributed by atoms with Crippen molar-refractivity contribution >= 4 is 16.9 Å². The summed E-state index contributed by atoms with van der Waals surface area (Å²) < 4.78 is 13.3. The van der Waals surface area contributed by atoms with Gasteiger partial charge in [-0.2, -0.15) is 5.10 Å². The number of ether oxygens (including phenoxy) is 1. The van der Waals surface area contributed by atoms with Crippen molar-refractivity contribution in [3.05, 3.63) is 75.7 Å². The van der Waals surface area contributed by atoms with Crippen LogP contribution in [-0.2, 0) is 11.8 Å². The number of fused-ring (bicyclic) bond motifs is 3. The molecule has 0 radical (unpaired) electrons. The molecule has 0 unspecified atom stereocenters. The summed E-state index contributed by atoms with van der Waals surface area (Å²) in [6, 6.07) is 11.9. The van der Waals surface area contributed by atoms with Gasteiger partial charge in [-0.15, -0.1) is 0 Å². The van der Waals surface area contributed by atoms with Crippen LogP contribution in [0.4, 0.5) is 0 Å². The molecular weight excluding hydrogens is 384 g/mol. The molecule has 30 heavy (non-hydrogen) atoms. The van der Waals surface area contributed by atoms with E-state index in [2.05, 4.69) is 5.10 Å². The fraction of sp³-hybridized carbons (Fsp3) is 0.174. The van der Waals surface area contributed by atoms with Gasteiger partial charge in [0.25, 0.3) is 0 Å². The van der Waals surface area contributed by atoms with Crippen LogP contribution in [0.25, 0.3) is 22.3 Å². The highest BCUT2D eigenvalue weighted by molar-refractivity contribution is 5.93. The van der Waals surface area contributed by atoms with Gasteiger partial charge in [-0.05, 0) is 6.92 Å². The maximum absolute atomic E-state index is 12.9. The first-order chi connectivity index (χ1) is 14.4. The molecule has 0 spiro atoms. The van der Waals surface area contributed by atoms with E-state index < -0.39 is 11.9 Å². The van der Waals surface area contributed by atoms with E-state index in [1.165, 1.54) is 12.1 Å². The van der Waals surface area contributed by atoms with E-state index in [0.717, 1.165) is 16.8 Å². The Balaban J connectivity index is 1.86. The molecule has 150 valence electrons. The molecule has 0 aliphatic carbocycles. The molecule has 1 N–H and O–H groups in total. The lowest BCUT2D eigenvalue weighted by Crippen LogP contribution is -2.22. The average molecular weight is 402 g/mol. The second-order valence-corrected chi connectivity index (χ2v) is 7.39. The van der Waals surface area contributed by atoms with Crippen molar-refractivity contribution < 1.29 is 19.1 Å². The Hall–Kier alpha value is -3.87. The zero-order chi connectivity index (χ0) is 21.0. The predicted molar refractivity (Wildman–Crippen MR) is 110 cm³/mol. The number of phenolic OH excluding ortho intramolecular Hbond substituents is 1. The molecule has 5 rings (SSSR count). The largest absolute Gasteiger partial charge is 0.507 e. The van der Waals surface area contributed by atoms with Crippen molar-refractivity contribution in [2.24, 2.45) is 7.05 Å². The van der Waals surface area contributed by atoms with Gasteiger partial charge in [0.05, 0.1) is 12.6 Å². The fourth-order valence-electron chi connectivity index (χ4n) is 4.03. The molecule has 0 bridgehead atoms. The molecule has 0 fully saturated rings. The summed E-state index contributed by atoms with van der Waals surface area (Å²) in [5, 5.41) is 14.9. The average Bonchev–Trinajstić information content (AvgIpc) is 3.05. The van der Waals surface area contributed by atoms with E-state index >= 15 is 0 Å². The number of hydrogen-bond donors (Lipinski definition) is 1. The number of aryl methyl sites for hydroxylation is 1. The van der Waals surface area contributed by atoms with Crippen molar-refractivity contribution in [3.63, 3.8) is 0 Å². The third-order valence-corrected chi connectivity index (χ3v) is 5.63. The molecule has 2 aromatic carbocycles. The molecular formula is C23H18N2O5. The van der Waals surface area contributed by atoms with Crippen LogP contribution in [0.5, 0.6) is 11.5 Å². The van der Waals surface area contributed by atoms with Crippen molar-refractivity contribution in [3.8, 4) is 22.8 Å². The molecule has 3 heterocycles. The summed E-state index contributed by atoms with van der Waals surface area (Å²) in [7, 11) is 1.82. The number of nitrogens with zero attached hydrogens (tertiary/aromatic N) is 2. The third kappa shape index (κ3) is 2.70. The molecule has 1 aliphatic rings. The van der Waals surface area contributed by atoms with Crippen LogP contribution in [0.3, 0.4) is 0 Å². The van der Waals surface area contributed by atoms with Crippen LogP contribution < -0.4 is 10.2 Å². The van der Waals surface area contributed by atoms with Gasteiger partial charge < -0.3 is 14.3 Å². The lowest BCUT2D eigenvalue weighted by atomic mass is 9.85. The van der Waals surface area contributed by atoms with E-state index in [9.17, 15) is 14.7 Å². The normalized spacial score (nSPS) is 15.8. The molecule has 4 aromatic rings. The maximum atomic E-state index is 12.9. The summed E-state index contributed by atoms with van der Waals surface area (Å²) in [4.78, 5) is 25.2. The van der Waals surface area contributed by atoms with Gasteiger partial charge in [0.1, 0.15) is 28.2 Å². The number of hydrogen-bond acceptors (Lipinski definition) is 6. The zero-order valence-corrected chi connectivity index (χ0v) is 16.4. The molecule has 0 saturated heterocycles. The molecule has 2 aromatic heterocycles. The first-order valence-corrected chi connectivity index (χ1v) is 9.52. The monoisotopic (exact) mass is 402 g/mol. The summed E-state index contributed by atoms with van der Waals surface area (Å²) in [6.07, 6.45) is 1.79. The summed E-state index contributed by atoms with van der Waals surface area (Å²) in [5.41, 5.74) is 2.88. The van der Waals surface area contributed by atoms with Gasteiger partial charge in [-0.25, -0.2) is 0 Å². The Bertz CT molecular complexity index is 1370. The predicted octanol–water partition coefficient (Wildman–Crippen LogP) is 3.65. The lowest BCUT2D eigenvalue weighted by Gasteiger charge is -2.25. The van der Waals surface area contributed by atoms with Crippen molar-refractivity contribution in [2.45, 2.75) is 19.3 Å². The quantitative estimate of drug-likeness (QED) is 0.406. The molecule has 1 atom stereocenters. The first-order valence-electron chi connectivity index (χ1n) is 9.52. The highest BCUT2D eigenvalue weighted by Crippen LogP contribution is 2.46. The number of rotatable bonds is 2. The number of benzene rings is 2. The zero-order valence-electron chi connectivity index (χ0n) is 16.4. The van der Waals surface area contributed by atoms with Crippen LogP contribution in [-0.4, -0.2) is 20.9 Å². The maximum Gasteiger partial charge on any atom is 0.312 e. The standard InChI is InChI=1S/C23H18N2O5/c1-12-15(11-24-25(12)2)14-8-20(28)29-19-10-17(27)22-16(26)9-18(30-23(22)21(14)19)13-6-4-3-5-7-13/h3-7,9-11,14,27H,8H2,1-2H3/t14-/m0/s1. The fourth-order valence-corrected chi connectivity index (χ4v) is 4.03. The Morgan fingerprint density at radius 2 is 1.93 bits per heavy atom. The molecule has 1 aliphatic heterocycles. The summed E-state index contributed by atoms with van der Waals surface area (Å²) >= 11 is 0. The minimum atomic E-state index is -0.420. The van der Waals surface area contributed by atoms with E-state index in [4.69, 9.17) is 9.15 Å².